The average molecular weight is 319 g/mol. The van der Waals surface area contributed by atoms with E-state index in [0.717, 1.165) is 16.2 Å². The van der Waals surface area contributed by atoms with Gasteiger partial charge in [0.05, 0.1) is 19.1 Å². The molecule has 0 aromatic heterocycles. The lowest BCUT2D eigenvalue weighted by molar-refractivity contribution is -0.116. The summed E-state index contributed by atoms with van der Waals surface area (Å²) in [5.74, 6) is 1.47. The summed E-state index contributed by atoms with van der Waals surface area (Å²) in [5.41, 5.74) is 0.787. The van der Waals surface area contributed by atoms with Gasteiger partial charge in [0.25, 0.3) is 0 Å². The molecule has 1 rings (SSSR count). The fourth-order valence-corrected chi connectivity index (χ4v) is 2.40. The van der Waals surface area contributed by atoms with Crippen LogP contribution in [0.15, 0.2) is 17.0 Å². The summed E-state index contributed by atoms with van der Waals surface area (Å²) in [4.78, 5) is 12.0. The summed E-state index contributed by atoms with van der Waals surface area (Å²) in [7, 11) is 3.21. The first kappa shape index (κ1) is 14.4. The maximum atomic E-state index is 11.4. The molecule has 0 aliphatic rings. The number of ketones is 1. The smallest absolute Gasteiger partial charge is 0.147 e. The summed E-state index contributed by atoms with van der Waals surface area (Å²) < 4.78 is 10.6. The number of methoxy groups -OCH3 is 2. The van der Waals surface area contributed by atoms with Crippen molar-refractivity contribution in [1.82, 2.24) is 0 Å². The van der Waals surface area contributed by atoms with E-state index in [-0.39, 0.29) is 10.6 Å². The van der Waals surface area contributed by atoms with Crippen molar-refractivity contribution in [3.8, 4) is 11.5 Å². The van der Waals surface area contributed by atoms with Crippen molar-refractivity contribution in [3.63, 3.8) is 0 Å². The van der Waals surface area contributed by atoms with Gasteiger partial charge >= 0.3 is 0 Å². The number of hydrogen-bond acceptors (Lipinski definition) is 4. The predicted molar refractivity (Wildman–Crippen MR) is 73.7 cm³/mol. The zero-order chi connectivity index (χ0) is 13.0. The average Bonchev–Trinajstić information content (AvgIpc) is 2.35. The minimum Gasteiger partial charge on any atom is -0.496 e. The van der Waals surface area contributed by atoms with Gasteiger partial charge in [-0.05, 0) is 25.3 Å². The standard InChI is InChI=1S/C12H15BrO3S/c1-7(14)12(13)8-5-10(16-3)11(17-4)6-9(8)15-2/h5-6,12H,1-4H3. The van der Waals surface area contributed by atoms with Gasteiger partial charge in [-0.2, -0.15) is 0 Å². The lowest BCUT2D eigenvalue weighted by Gasteiger charge is -2.16. The van der Waals surface area contributed by atoms with Gasteiger partial charge in [-0.25, -0.2) is 0 Å². The highest BCUT2D eigenvalue weighted by molar-refractivity contribution is 9.09. The van der Waals surface area contributed by atoms with E-state index in [1.807, 2.05) is 18.4 Å². The van der Waals surface area contributed by atoms with Crippen LogP contribution in [-0.4, -0.2) is 26.3 Å². The Kier molecular flexibility index (Phi) is 5.33. The molecule has 0 aliphatic heterocycles. The monoisotopic (exact) mass is 318 g/mol. The van der Waals surface area contributed by atoms with Crippen molar-refractivity contribution in [2.45, 2.75) is 16.6 Å². The van der Waals surface area contributed by atoms with E-state index in [0.29, 0.717) is 5.75 Å². The van der Waals surface area contributed by atoms with Crippen molar-refractivity contribution >= 4 is 33.5 Å². The molecule has 0 fully saturated rings. The Labute approximate surface area is 114 Å². The van der Waals surface area contributed by atoms with Gasteiger partial charge < -0.3 is 9.47 Å². The highest BCUT2D eigenvalue weighted by atomic mass is 79.9. The topological polar surface area (TPSA) is 35.5 Å². The number of Topliss-reactive ketones (excluding diaryl/α,β-unsaturated/α-hetero) is 1. The number of hydrogen-bond donors (Lipinski definition) is 0. The molecule has 0 spiro atoms. The molecule has 1 atom stereocenters. The van der Waals surface area contributed by atoms with Crippen molar-refractivity contribution in [2.75, 3.05) is 20.5 Å². The van der Waals surface area contributed by atoms with Crippen molar-refractivity contribution in [1.29, 1.82) is 0 Å². The fraction of sp³-hybridized carbons (Fsp3) is 0.417. The summed E-state index contributed by atoms with van der Waals surface area (Å²) in [6, 6.07) is 3.72. The number of rotatable bonds is 5. The van der Waals surface area contributed by atoms with Gasteiger partial charge in [0.2, 0.25) is 0 Å². The van der Waals surface area contributed by atoms with Gasteiger partial charge in [-0.15, -0.1) is 11.8 Å². The second-order valence-corrected chi connectivity index (χ2v) is 5.19. The van der Waals surface area contributed by atoms with Crippen LogP contribution < -0.4 is 9.47 Å². The Morgan fingerprint density at radius 1 is 1.29 bits per heavy atom. The van der Waals surface area contributed by atoms with E-state index >= 15 is 0 Å². The molecule has 1 aromatic carbocycles. The van der Waals surface area contributed by atoms with E-state index in [1.165, 1.54) is 6.92 Å². The van der Waals surface area contributed by atoms with Crippen LogP contribution in [-0.2, 0) is 4.79 Å². The Balaban J connectivity index is 3.33. The summed E-state index contributed by atoms with van der Waals surface area (Å²) in [5, 5.41) is 0. The molecule has 0 radical (unpaired) electrons. The SMILES string of the molecule is COc1cc(C(Br)C(C)=O)c(OC)cc1SC. The third-order valence-electron chi connectivity index (χ3n) is 2.37. The maximum absolute atomic E-state index is 11.4. The third-order valence-corrected chi connectivity index (χ3v) is 4.26. The van der Waals surface area contributed by atoms with Crippen LogP contribution in [0.3, 0.4) is 0 Å². The van der Waals surface area contributed by atoms with E-state index in [1.54, 1.807) is 26.0 Å². The molecule has 0 amide bonds. The molecule has 0 heterocycles. The summed E-state index contributed by atoms with van der Waals surface area (Å²) in [6.45, 7) is 1.54. The molecule has 3 nitrogen and oxygen atoms in total. The zero-order valence-corrected chi connectivity index (χ0v) is 12.6. The van der Waals surface area contributed by atoms with Crippen LogP contribution in [0.4, 0.5) is 0 Å². The van der Waals surface area contributed by atoms with Crippen LogP contribution in [0.5, 0.6) is 11.5 Å². The Morgan fingerprint density at radius 2 is 1.88 bits per heavy atom. The molecule has 1 unspecified atom stereocenters. The molecule has 5 heteroatoms. The van der Waals surface area contributed by atoms with E-state index < -0.39 is 0 Å². The molecule has 1 aromatic rings. The van der Waals surface area contributed by atoms with E-state index in [9.17, 15) is 4.79 Å². The number of ether oxygens (including phenoxy) is 2. The van der Waals surface area contributed by atoms with Crippen LogP contribution in [0.2, 0.25) is 0 Å². The van der Waals surface area contributed by atoms with Crippen molar-refractivity contribution < 1.29 is 14.3 Å². The number of carbonyl (C=O) groups is 1. The second-order valence-electron chi connectivity index (χ2n) is 3.42. The lowest BCUT2D eigenvalue weighted by Crippen LogP contribution is -2.04. The molecule has 0 N–H and O–H groups in total. The molecule has 94 valence electrons. The Hall–Kier alpha value is -0.680. The van der Waals surface area contributed by atoms with Crippen molar-refractivity contribution in [2.24, 2.45) is 0 Å². The number of alkyl halides is 1. The first-order valence-corrected chi connectivity index (χ1v) is 7.13. The number of thioether (sulfide) groups is 1. The van der Waals surface area contributed by atoms with Crippen LogP contribution >= 0.6 is 27.7 Å². The van der Waals surface area contributed by atoms with Gasteiger partial charge in [0, 0.05) is 5.56 Å². The highest BCUT2D eigenvalue weighted by Crippen LogP contribution is 2.39. The predicted octanol–water partition coefficient (Wildman–Crippen LogP) is 3.45. The number of halogens is 1. The van der Waals surface area contributed by atoms with Crippen molar-refractivity contribution in [3.05, 3.63) is 17.7 Å². The Morgan fingerprint density at radius 3 is 2.29 bits per heavy atom. The summed E-state index contributed by atoms with van der Waals surface area (Å²) in [6.07, 6.45) is 1.97. The first-order valence-electron chi connectivity index (χ1n) is 4.99. The molecule has 0 saturated carbocycles. The van der Waals surface area contributed by atoms with E-state index in [2.05, 4.69) is 15.9 Å². The molecule has 0 aliphatic carbocycles. The number of carbonyl (C=O) groups excluding carboxylic acids is 1. The van der Waals surface area contributed by atoms with Gasteiger partial charge in [0.15, 0.2) is 0 Å². The molecule has 17 heavy (non-hydrogen) atoms. The van der Waals surface area contributed by atoms with Gasteiger partial charge in [-0.1, -0.05) is 15.9 Å². The lowest BCUT2D eigenvalue weighted by atomic mass is 10.1. The molecule has 0 bridgehead atoms. The van der Waals surface area contributed by atoms with E-state index in [4.69, 9.17) is 9.47 Å². The minimum absolute atomic E-state index is 0.0299. The molecule has 0 saturated heterocycles. The summed E-state index contributed by atoms with van der Waals surface area (Å²) >= 11 is 4.93. The van der Waals surface area contributed by atoms with Crippen LogP contribution in [0, 0.1) is 0 Å². The van der Waals surface area contributed by atoms with Gasteiger partial charge in [0.1, 0.15) is 22.1 Å². The quantitative estimate of drug-likeness (QED) is 0.615. The highest BCUT2D eigenvalue weighted by Gasteiger charge is 2.20. The van der Waals surface area contributed by atoms with Crippen LogP contribution in [0.25, 0.3) is 0 Å². The second kappa shape index (κ2) is 6.31. The number of benzene rings is 1. The zero-order valence-electron chi connectivity index (χ0n) is 10.2. The fourth-order valence-electron chi connectivity index (χ4n) is 1.47. The largest absolute Gasteiger partial charge is 0.496 e. The minimum atomic E-state index is -0.373. The van der Waals surface area contributed by atoms with Gasteiger partial charge in [-0.3, -0.25) is 4.79 Å². The third kappa shape index (κ3) is 3.16. The Bertz CT molecular complexity index is 420. The molecular weight excluding hydrogens is 304 g/mol. The van der Waals surface area contributed by atoms with Crippen LogP contribution in [0.1, 0.15) is 17.3 Å². The maximum Gasteiger partial charge on any atom is 0.147 e. The first-order chi connectivity index (χ1) is 8.04. The molecular formula is C12H15BrO3S. The normalized spacial score (nSPS) is 12.1.